The molecule has 1 aliphatic heterocycles. The minimum absolute atomic E-state index is 0.0739. The van der Waals surface area contributed by atoms with Crippen LogP contribution in [-0.4, -0.2) is 66.1 Å². The van der Waals surface area contributed by atoms with E-state index < -0.39 is 0 Å². The van der Waals surface area contributed by atoms with Crippen molar-refractivity contribution in [3.05, 3.63) is 23.3 Å². The van der Waals surface area contributed by atoms with Gasteiger partial charge in [0.1, 0.15) is 0 Å². The van der Waals surface area contributed by atoms with Crippen LogP contribution in [0.25, 0.3) is 0 Å². The molecule has 0 aromatic carbocycles. The number of likely N-dealkylation sites (N-methyl/N-ethyl adjacent to an activating group) is 1. The van der Waals surface area contributed by atoms with Gasteiger partial charge in [0.05, 0.1) is 12.6 Å². The van der Waals surface area contributed by atoms with E-state index in [9.17, 15) is 9.90 Å². The average Bonchev–Trinajstić information content (AvgIpc) is 3.33. The number of carbonyl (C=O) groups is 1. The van der Waals surface area contributed by atoms with Crippen molar-refractivity contribution in [1.29, 1.82) is 0 Å². The molecule has 5 rings (SSSR count). The third-order valence-electron chi connectivity index (χ3n) is 12.6. The number of likely N-dealkylation sites (tertiary alicyclic amines) is 1. The van der Waals surface area contributed by atoms with Gasteiger partial charge in [-0.3, -0.25) is 14.6 Å². The van der Waals surface area contributed by atoms with Crippen LogP contribution in [0.4, 0.5) is 0 Å². The predicted molar refractivity (Wildman–Crippen MR) is 152 cm³/mol. The molecule has 0 aromatic heterocycles. The van der Waals surface area contributed by atoms with E-state index in [1.165, 1.54) is 38.5 Å². The molecule has 0 spiro atoms. The Balaban J connectivity index is 1.31. The Kier molecular flexibility index (Phi) is 7.38. The predicted octanol–water partition coefficient (Wildman–Crippen LogP) is 6.10. The molecule has 37 heavy (non-hydrogen) atoms. The van der Waals surface area contributed by atoms with Crippen LogP contribution >= 0.6 is 0 Å². The van der Waals surface area contributed by atoms with Crippen LogP contribution in [0, 0.1) is 40.4 Å². The number of Topliss-reactive ketones (excluding diaryl/α,β-unsaturated/α-hetero) is 1. The first-order chi connectivity index (χ1) is 17.4. The molecule has 208 valence electrons. The lowest BCUT2D eigenvalue weighted by atomic mass is 9.47. The van der Waals surface area contributed by atoms with E-state index in [4.69, 9.17) is 0 Å². The van der Waals surface area contributed by atoms with Crippen LogP contribution in [0.1, 0.15) is 92.4 Å². The summed E-state index contributed by atoms with van der Waals surface area (Å²) in [7, 11) is 4.16. The van der Waals surface area contributed by atoms with Crippen molar-refractivity contribution < 1.29 is 9.90 Å². The van der Waals surface area contributed by atoms with Crippen LogP contribution in [-0.2, 0) is 4.79 Å². The topological polar surface area (TPSA) is 43.8 Å². The number of aliphatic hydroxyl groups is 1. The highest BCUT2D eigenvalue weighted by Crippen LogP contribution is 2.66. The summed E-state index contributed by atoms with van der Waals surface area (Å²) in [6.07, 6.45) is 16.0. The Morgan fingerprint density at radius 1 is 1.05 bits per heavy atom. The van der Waals surface area contributed by atoms with Gasteiger partial charge in [0, 0.05) is 24.5 Å². The van der Waals surface area contributed by atoms with Crippen molar-refractivity contribution in [2.45, 2.75) is 104 Å². The molecule has 8 atom stereocenters. The molecule has 0 bridgehead atoms. The maximum Gasteiger partial charge on any atom is 0.153 e. The highest BCUT2D eigenvalue weighted by molar-refractivity contribution is 5.88. The molecular formula is C33H54N2O2. The van der Waals surface area contributed by atoms with E-state index in [0.717, 1.165) is 38.3 Å². The second-order valence-corrected chi connectivity index (χ2v) is 14.7. The molecule has 0 radical (unpaired) electrons. The largest absolute Gasteiger partial charge is 0.395 e. The van der Waals surface area contributed by atoms with Gasteiger partial charge in [-0.25, -0.2) is 0 Å². The van der Waals surface area contributed by atoms with E-state index in [2.05, 4.69) is 70.7 Å². The van der Waals surface area contributed by atoms with Gasteiger partial charge < -0.3 is 5.11 Å². The molecule has 4 heteroatoms. The first-order valence-electron chi connectivity index (χ1n) is 15.4. The van der Waals surface area contributed by atoms with Crippen LogP contribution in [0.3, 0.4) is 0 Å². The number of rotatable bonds is 6. The third kappa shape index (κ3) is 4.32. The molecule has 1 saturated heterocycles. The lowest BCUT2D eigenvalue weighted by Crippen LogP contribution is -2.55. The fraction of sp³-hybridized carbons (Fsp3) is 0.848. The fourth-order valence-electron chi connectivity index (χ4n) is 10.3. The maximum absolute atomic E-state index is 13.5. The van der Waals surface area contributed by atoms with E-state index >= 15 is 0 Å². The summed E-state index contributed by atoms with van der Waals surface area (Å²) in [5, 5.41) is 9.47. The van der Waals surface area contributed by atoms with Gasteiger partial charge in [0.25, 0.3) is 0 Å². The molecule has 1 heterocycles. The summed E-state index contributed by atoms with van der Waals surface area (Å²) in [5.74, 6) is 3.55. The summed E-state index contributed by atoms with van der Waals surface area (Å²) < 4.78 is 0. The molecular weight excluding hydrogens is 456 g/mol. The first-order valence-corrected chi connectivity index (χ1v) is 15.4. The van der Waals surface area contributed by atoms with Gasteiger partial charge in [-0.15, -0.1) is 0 Å². The van der Waals surface area contributed by atoms with Crippen molar-refractivity contribution in [1.82, 2.24) is 9.80 Å². The Bertz CT molecular complexity index is 950. The van der Waals surface area contributed by atoms with Crippen molar-refractivity contribution in [3.63, 3.8) is 0 Å². The van der Waals surface area contributed by atoms with Gasteiger partial charge >= 0.3 is 0 Å². The monoisotopic (exact) mass is 510 g/mol. The van der Waals surface area contributed by atoms with Crippen molar-refractivity contribution in [2.24, 2.45) is 40.4 Å². The fourth-order valence-corrected chi connectivity index (χ4v) is 10.3. The van der Waals surface area contributed by atoms with Crippen LogP contribution in [0.15, 0.2) is 23.3 Å². The molecule has 5 aliphatic rings. The van der Waals surface area contributed by atoms with Gasteiger partial charge in [0.2, 0.25) is 0 Å². The number of allylic oxidation sites excluding steroid dienone is 3. The molecule has 1 N–H and O–H groups in total. The van der Waals surface area contributed by atoms with E-state index in [1.54, 1.807) is 11.1 Å². The number of nitrogens with zero attached hydrogens (tertiary/aromatic N) is 2. The number of hydrogen-bond acceptors (Lipinski definition) is 4. The van der Waals surface area contributed by atoms with Crippen molar-refractivity contribution in [3.8, 4) is 0 Å². The third-order valence-corrected chi connectivity index (χ3v) is 12.6. The van der Waals surface area contributed by atoms with Crippen molar-refractivity contribution >= 4 is 5.78 Å². The van der Waals surface area contributed by atoms with E-state index in [0.29, 0.717) is 29.0 Å². The number of β-amino-alcohol motifs (C(OH)–C–C–N with tert-alkyl or cyclic N) is 1. The Morgan fingerprint density at radius 3 is 2.46 bits per heavy atom. The highest BCUT2D eigenvalue weighted by atomic mass is 16.3. The Labute approximate surface area is 226 Å². The summed E-state index contributed by atoms with van der Waals surface area (Å²) in [6.45, 7) is 14.4. The smallest absolute Gasteiger partial charge is 0.153 e. The number of hydrogen-bond donors (Lipinski definition) is 1. The zero-order valence-electron chi connectivity index (χ0n) is 24.9. The van der Waals surface area contributed by atoms with E-state index in [-0.39, 0.29) is 29.5 Å². The van der Waals surface area contributed by atoms with E-state index in [1.807, 2.05) is 0 Å². The lowest BCUT2D eigenvalue weighted by molar-refractivity contribution is -0.140. The Morgan fingerprint density at radius 2 is 1.76 bits per heavy atom. The minimum Gasteiger partial charge on any atom is -0.395 e. The minimum atomic E-state index is 0.0739. The molecule has 4 aliphatic carbocycles. The summed E-state index contributed by atoms with van der Waals surface area (Å²) in [4.78, 5) is 18.1. The number of ketones is 1. The number of aliphatic hydroxyl groups excluding tert-OH is 1. The van der Waals surface area contributed by atoms with Crippen LogP contribution in [0.5, 0.6) is 0 Å². The van der Waals surface area contributed by atoms with Crippen LogP contribution in [0.2, 0.25) is 0 Å². The zero-order valence-corrected chi connectivity index (χ0v) is 24.9. The molecule has 0 amide bonds. The standard InChI is InChI=1S/C33H54N2O2/c1-22(8-9-23-16-19-35(20-21-36)31(23,2)3)25-12-13-26-24-10-11-28-30(37)29(34(6)7)15-18-33(28,5)27(24)14-17-32(25,26)4/h9-10,22,25-29,36H,8,11-21H2,1-7H3/b23-9+/t22-,25-,26?,27?,28?,29+,32-,33-/m1/s1. The van der Waals surface area contributed by atoms with Crippen LogP contribution < -0.4 is 0 Å². The van der Waals surface area contributed by atoms with Crippen molar-refractivity contribution in [2.75, 3.05) is 33.8 Å². The average molecular weight is 511 g/mol. The van der Waals surface area contributed by atoms with Gasteiger partial charge in [-0.1, -0.05) is 44.1 Å². The SMILES string of the molecule is C[C@H](C/C=C1\CCN(CCO)C1(C)C)[C@H]1CCC2C3=CCC4C(=O)[C@@H](N(C)C)CC[C@]4(C)C3CC[C@@]21C. The normalized spacial score (nSPS) is 43.5. The lowest BCUT2D eigenvalue weighted by Gasteiger charge is -2.57. The van der Waals surface area contributed by atoms with Gasteiger partial charge in [-0.2, -0.15) is 0 Å². The summed E-state index contributed by atoms with van der Waals surface area (Å²) in [5.41, 5.74) is 3.97. The molecule has 4 nitrogen and oxygen atoms in total. The summed E-state index contributed by atoms with van der Waals surface area (Å²) in [6, 6.07) is 0.119. The second-order valence-electron chi connectivity index (χ2n) is 14.7. The Hall–Kier alpha value is -0.970. The second kappa shape index (κ2) is 9.89. The highest BCUT2D eigenvalue weighted by Gasteiger charge is 2.59. The molecule has 3 saturated carbocycles. The maximum atomic E-state index is 13.5. The van der Waals surface area contributed by atoms with Gasteiger partial charge in [-0.05, 0) is 120 Å². The molecule has 3 unspecified atom stereocenters. The molecule has 0 aromatic rings. The summed E-state index contributed by atoms with van der Waals surface area (Å²) >= 11 is 0. The number of fused-ring (bicyclic) bond motifs is 5. The first kappa shape index (κ1) is 27.6. The quantitative estimate of drug-likeness (QED) is 0.438. The van der Waals surface area contributed by atoms with Gasteiger partial charge in [0.15, 0.2) is 5.78 Å². The molecule has 4 fully saturated rings. The number of carbonyl (C=O) groups excluding carboxylic acids is 1. The zero-order chi connectivity index (χ0) is 26.8.